The van der Waals surface area contributed by atoms with Gasteiger partial charge >= 0.3 is 6.97 Å². The maximum absolute atomic E-state index is 14.5. The molecule has 0 atom stereocenters. The lowest BCUT2D eigenvalue weighted by Crippen LogP contribution is -2.50. The van der Waals surface area contributed by atoms with Crippen LogP contribution in [0.4, 0.5) is 8.63 Å². The largest absolute Gasteiger partial charge is 0.738 e. The average molecular weight is 299 g/mol. The van der Waals surface area contributed by atoms with Gasteiger partial charge in [0.25, 0.3) is 0 Å². The summed E-state index contributed by atoms with van der Waals surface area (Å²) in [4.78, 5) is 0. The average Bonchev–Trinajstić information content (AvgIpc) is 2.70. The van der Waals surface area contributed by atoms with Crippen molar-refractivity contribution in [3.63, 3.8) is 0 Å². The third-order valence-electron chi connectivity index (χ3n) is 3.27. The number of halogens is 3. The fourth-order valence-corrected chi connectivity index (χ4v) is 3.15. The molecule has 6 heteroatoms. The minimum Gasteiger partial charge on any atom is -0.394 e. The number of fused-ring (bicyclic) bond motifs is 2. The van der Waals surface area contributed by atoms with Crippen LogP contribution in [0.25, 0.3) is 6.08 Å². The molecule has 0 fully saturated rings. The zero-order valence-electron chi connectivity index (χ0n) is 9.42. The molecule has 0 aliphatic carbocycles. The minimum absolute atomic E-state index is 0.408. The fraction of sp³-hybridized carbons (Fsp3) is 0.182. The highest BCUT2D eigenvalue weighted by atomic mass is 79.9. The molecule has 2 nitrogen and oxygen atoms in total. The van der Waals surface area contributed by atoms with E-state index in [9.17, 15) is 8.63 Å². The zero-order chi connectivity index (χ0) is 12.4. The van der Waals surface area contributed by atoms with Crippen LogP contribution >= 0.6 is 15.9 Å². The highest BCUT2D eigenvalue weighted by Crippen LogP contribution is 2.34. The number of hydrogen-bond donors (Lipinski definition) is 0. The third kappa shape index (κ3) is 1.27. The first kappa shape index (κ1) is 11.0. The fourth-order valence-electron chi connectivity index (χ4n) is 2.57. The molecule has 0 spiro atoms. The lowest BCUT2D eigenvalue weighted by Gasteiger charge is -2.29. The number of nitrogens with zero attached hydrogens (tertiary/aromatic N) is 2. The predicted octanol–water partition coefficient (Wildman–Crippen LogP) is 3.06. The molecule has 0 bridgehead atoms. The minimum atomic E-state index is -3.80. The molecule has 2 aliphatic heterocycles. The van der Waals surface area contributed by atoms with Gasteiger partial charge in [-0.3, -0.25) is 0 Å². The molecule has 0 saturated heterocycles. The van der Waals surface area contributed by atoms with E-state index in [0.29, 0.717) is 21.7 Å². The number of aryl methyl sites for hydroxylation is 2. The van der Waals surface area contributed by atoms with Crippen LogP contribution in [-0.2, 0) is 0 Å². The maximum Gasteiger partial charge on any atom is 0.738 e. The van der Waals surface area contributed by atoms with Gasteiger partial charge in [-0.25, -0.2) is 0 Å². The number of hydrogen-bond acceptors (Lipinski definition) is 0. The first-order valence-electron chi connectivity index (χ1n) is 5.35. The number of aromatic nitrogens is 1. The molecular weight excluding hydrogens is 289 g/mol. The van der Waals surface area contributed by atoms with E-state index in [-0.39, 0.29) is 0 Å². The van der Waals surface area contributed by atoms with Crippen molar-refractivity contribution in [3.05, 3.63) is 40.9 Å². The third-order valence-corrected chi connectivity index (χ3v) is 3.92. The molecule has 0 radical (unpaired) electrons. The maximum atomic E-state index is 14.5. The van der Waals surface area contributed by atoms with E-state index in [2.05, 4.69) is 15.9 Å². The molecule has 1 aromatic rings. The Morgan fingerprint density at radius 3 is 2.71 bits per heavy atom. The molecule has 0 N–H and O–H groups in total. The molecule has 2 aliphatic rings. The van der Waals surface area contributed by atoms with Crippen molar-refractivity contribution in [1.82, 2.24) is 4.48 Å². The lowest BCUT2D eigenvalue weighted by atomic mass is 9.91. The van der Waals surface area contributed by atoms with Crippen LogP contribution < -0.4 is 0 Å². The second-order valence-electron chi connectivity index (χ2n) is 4.41. The smallest absolute Gasteiger partial charge is 0.394 e. The van der Waals surface area contributed by atoms with Crippen molar-refractivity contribution in [2.45, 2.75) is 13.8 Å². The highest BCUT2D eigenvalue weighted by Gasteiger charge is 2.52. The van der Waals surface area contributed by atoms with Gasteiger partial charge in [0.1, 0.15) is 0 Å². The second kappa shape index (κ2) is 3.19. The molecule has 88 valence electrons. The number of rotatable bonds is 0. The van der Waals surface area contributed by atoms with Gasteiger partial charge in [-0.15, -0.1) is 0 Å². The molecule has 0 aromatic carbocycles. The Kier molecular flexibility index (Phi) is 2.06. The van der Waals surface area contributed by atoms with Gasteiger partial charge in [0.15, 0.2) is 5.70 Å². The molecule has 0 amide bonds. The van der Waals surface area contributed by atoms with Crippen molar-refractivity contribution in [2.75, 3.05) is 0 Å². The summed E-state index contributed by atoms with van der Waals surface area (Å²) in [6.07, 6.45) is 5.15. The zero-order valence-corrected chi connectivity index (χ0v) is 11.0. The number of allylic oxidation sites excluding steroid dienone is 2. The quantitative estimate of drug-likeness (QED) is 0.651. The summed E-state index contributed by atoms with van der Waals surface area (Å²) in [5, 5.41) is 0. The van der Waals surface area contributed by atoms with E-state index in [0.717, 1.165) is 14.5 Å². The topological polar surface area (TPSA) is 7.94 Å². The van der Waals surface area contributed by atoms with Crippen LogP contribution in [-0.4, -0.2) is 20.6 Å². The van der Waals surface area contributed by atoms with Gasteiger partial charge in [-0.05, 0) is 31.2 Å². The van der Waals surface area contributed by atoms with Gasteiger partial charge in [0.2, 0.25) is 4.62 Å². The first-order chi connectivity index (χ1) is 7.93. The summed E-state index contributed by atoms with van der Waals surface area (Å²) >= 11 is 3.18. The molecule has 3 heterocycles. The lowest BCUT2D eigenvalue weighted by molar-refractivity contribution is -0.357. The van der Waals surface area contributed by atoms with E-state index in [1.807, 2.05) is 6.92 Å². The highest BCUT2D eigenvalue weighted by molar-refractivity contribution is 9.18. The first-order valence-corrected chi connectivity index (χ1v) is 6.14. The van der Waals surface area contributed by atoms with Gasteiger partial charge in [0.05, 0.1) is 0 Å². The van der Waals surface area contributed by atoms with Gasteiger partial charge < -0.3 is 17.6 Å². The van der Waals surface area contributed by atoms with Crippen LogP contribution in [0.15, 0.2) is 23.9 Å². The van der Waals surface area contributed by atoms with Crippen LogP contribution in [0.2, 0.25) is 0 Å². The predicted molar refractivity (Wildman–Crippen MR) is 68.6 cm³/mol. The standard InChI is InChI=1S/C11H10BBrF2N2/c1-7-5-8(2)16-10(7)6-9-3-4-11(13)17(9)12(16,14)15/h3-6H,1-2H3. The summed E-state index contributed by atoms with van der Waals surface area (Å²) in [6, 6.07) is 1.79. The molecular formula is C11H10BBrF2N2. The van der Waals surface area contributed by atoms with Crippen molar-refractivity contribution in [1.29, 1.82) is 0 Å². The van der Waals surface area contributed by atoms with Gasteiger partial charge in [0, 0.05) is 39.9 Å². The van der Waals surface area contributed by atoms with Crippen LogP contribution in [0.3, 0.4) is 0 Å². The van der Waals surface area contributed by atoms with E-state index >= 15 is 0 Å². The van der Waals surface area contributed by atoms with Crippen molar-refractivity contribution in [2.24, 2.45) is 0 Å². The Balaban J connectivity index is 2.39. The Labute approximate surface area is 106 Å². The van der Waals surface area contributed by atoms with Gasteiger partial charge in [-0.2, -0.15) is 0 Å². The SMILES string of the molecule is Cc1cc(C)n2c1C=C1C=CC(Br)=[N+]1[B-]2(F)F. The monoisotopic (exact) mass is 298 g/mol. The van der Waals surface area contributed by atoms with Crippen molar-refractivity contribution < 1.29 is 13.1 Å². The summed E-state index contributed by atoms with van der Waals surface area (Å²) < 4.78 is 31.6. The Bertz CT molecular complexity index is 626. The van der Waals surface area contributed by atoms with E-state index < -0.39 is 6.97 Å². The molecule has 3 rings (SSSR count). The van der Waals surface area contributed by atoms with Crippen molar-refractivity contribution >= 4 is 33.6 Å². The Morgan fingerprint density at radius 1 is 1.29 bits per heavy atom. The Morgan fingerprint density at radius 2 is 2.00 bits per heavy atom. The molecule has 17 heavy (non-hydrogen) atoms. The van der Waals surface area contributed by atoms with E-state index in [4.69, 9.17) is 0 Å². The summed E-state index contributed by atoms with van der Waals surface area (Å²) in [5.41, 5.74) is 2.61. The molecule has 0 unspecified atom stereocenters. The van der Waals surface area contributed by atoms with Crippen LogP contribution in [0.1, 0.15) is 17.0 Å². The summed E-state index contributed by atoms with van der Waals surface area (Å²) in [5.74, 6) is 0. The molecule has 0 saturated carbocycles. The van der Waals surface area contributed by atoms with Crippen LogP contribution in [0, 0.1) is 13.8 Å². The van der Waals surface area contributed by atoms with E-state index in [1.54, 1.807) is 31.2 Å². The molecule has 1 aromatic heterocycles. The summed E-state index contributed by atoms with van der Waals surface area (Å²) in [7, 11) is 0. The second-order valence-corrected chi connectivity index (χ2v) is 5.22. The summed E-state index contributed by atoms with van der Waals surface area (Å²) in [6.45, 7) is -0.233. The van der Waals surface area contributed by atoms with E-state index in [1.165, 1.54) is 0 Å². The van der Waals surface area contributed by atoms with Crippen molar-refractivity contribution in [3.8, 4) is 0 Å². The van der Waals surface area contributed by atoms with Gasteiger partial charge in [-0.1, -0.05) is 0 Å². The Hall–Kier alpha value is -1.17. The van der Waals surface area contributed by atoms with Crippen LogP contribution in [0.5, 0.6) is 0 Å². The normalized spacial score (nSPS) is 20.4.